The molecule has 290 valence electrons. The summed E-state index contributed by atoms with van der Waals surface area (Å²) in [5.74, 6) is -0.214. The number of nitrogens with one attached hydrogen (secondary N) is 1. The summed E-state index contributed by atoms with van der Waals surface area (Å²) in [5, 5.41) is 30.1. The molecule has 0 unspecified atom stereocenters. The van der Waals surface area contributed by atoms with E-state index in [1.807, 2.05) is 19.0 Å². The minimum absolute atomic E-state index is 0.0705. The number of anilines is 3. The highest BCUT2D eigenvalue weighted by molar-refractivity contribution is 7.86. The SMILES string of the molecule is Cc1cc(N=Nc2c(S(=O)(=O)O)cc3cc(N(C)c4nc(Cl)nc(NCCN(C)C)n4)ccc3c2O)ccc1N=Nc1cc(S(=O)(=O)O)ccc1S(=O)(=O)O. The largest absolute Gasteiger partial charge is 0.505 e. The van der Waals surface area contributed by atoms with Crippen molar-refractivity contribution in [3.05, 3.63) is 71.5 Å². The van der Waals surface area contributed by atoms with Crippen LogP contribution in [0, 0.1) is 6.92 Å². The topological polar surface area (TPSA) is 290 Å². The van der Waals surface area contributed by atoms with E-state index in [-0.39, 0.29) is 39.3 Å². The molecule has 0 bridgehead atoms. The zero-order valence-electron chi connectivity index (χ0n) is 29.1. The van der Waals surface area contributed by atoms with Crippen LogP contribution in [-0.4, -0.2) is 98.1 Å². The molecule has 0 saturated heterocycles. The van der Waals surface area contributed by atoms with Crippen molar-refractivity contribution in [1.29, 1.82) is 0 Å². The van der Waals surface area contributed by atoms with Crippen LogP contribution in [-0.2, 0) is 30.4 Å². The number of fused-ring (bicyclic) bond motifs is 1. The predicted molar refractivity (Wildman–Crippen MR) is 201 cm³/mol. The van der Waals surface area contributed by atoms with Gasteiger partial charge in [-0.15, -0.1) is 10.2 Å². The van der Waals surface area contributed by atoms with Crippen LogP contribution in [0.15, 0.2) is 95.8 Å². The van der Waals surface area contributed by atoms with Gasteiger partial charge in [-0.1, -0.05) is 0 Å². The molecular formula is C31H31ClN10O10S3. The Morgan fingerprint density at radius 3 is 2.07 bits per heavy atom. The molecule has 0 aliphatic heterocycles. The molecule has 0 atom stereocenters. The molecule has 0 aliphatic rings. The third kappa shape index (κ3) is 9.89. The van der Waals surface area contributed by atoms with Crippen LogP contribution in [0.5, 0.6) is 5.75 Å². The third-order valence-electron chi connectivity index (χ3n) is 7.66. The van der Waals surface area contributed by atoms with Gasteiger partial charge in [0.25, 0.3) is 30.4 Å². The maximum absolute atomic E-state index is 12.5. The Labute approximate surface area is 319 Å². The van der Waals surface area contributed by atoms with Crippen LogP contribution >= 0.6 is 11.6 Å². The number of azo groups is 2. The lowest BCUT2D eigenvalue weighted by Crippen LogP contribution is -2.22. The quantitative estimate of drug-likeness (QED) is 0.0671. The maximum atomic E-state index is 12.5. The molecule has 5 rings (SSSR count). The van der Waals surface area contributed by atoms with Gasteiger partial charge >= 0.3 is 0 Å². The molecule has 5 aromatic rings. The fourth-order valence-corrected chi connectivity index (χ4v) is 6.82. The Bertz CT molecular complexity index is 2720. The number of likely N-dealkylation sites (N-methyl/N-ethyl adjacent to an activating group) is 1. The Morgan fingerprint density at radius 2 is 1.44 bits per heavy atom. The van der Waals surface area contributed by atoms with Gasteiger partial charge in [0.1, 0.15) is 21.2 Å². The molecule has 55 heavy (non-hydrogen) atoms. The summed E-state index contributed by atoms with van der Waals surface area (Å²) in [6, 6.07) is 12.1. The highest BCUT2D eigenvalue weighted by atomic mass is 35.5. The van der Waals surface area contributed by atoms with E-state index in [9.17, 15) is 44.0 Å². The second-order valence-corrected chi connectivity index (χ2v) is 16.5. The highest BCUT2D eigenvalue weighted by Gasteiger charge is 2.24. The Morgan fingerprint density at radius 1 is 0.745 bits per heavy atom. The maximum Gasteiger partial charge on any atom is 0.296 e. The molecule has 1 heterocycles. The number of aromatic nitrogens is 3. The molecule has 0 radical (unpaired) electrons. The van der Waals surface area contributed by atoms with Crippen molar-refractivity contribution < 1.29 is 44.0 Å². The first-order valence-electron chi connectivity index (χ1n) is 15.5. The number of halogens is 1. The van der Waals surface area contributed by atoms with Crippen LogP contribution in [0.3, 0.4) is 0 Å². The van der Waals surface area contributed by atoms with Crippen LogP contribution in [0.2, 0.25) is 5.28 Å². The van der Waals surface area contributed by atoms with Crippen molar-refractivity contribution in [2.75, 3.05) is 44.4 Å². The second-order valence-electron chi connectivity index (χ2n) is 11.9. The molecular weight excluding hydrogens is 804 g/mol. The average Bonchev–Trinajstić information content (AvgIpc) is 3.08. The summed E-state index contributed by atoms with van der Waals surface area (Å²) in [6.45, 7) is 2.78. The Hall–Kier alpha value is -5.27. The lowest BCUT2D eigenvalue weighted by Gasteiger charge is -2.19. The van der Waals surface area contributed by atoms with E-state index >= 15 is 0 Å². The summed E-state index contributed by atoms with van der Waals surface area (Å²) in [6.07, 6.45) is 0. The number of hydrogen-bond acceptors (Lipinski definition) is 17. The number of phenolic OH excluding ortho intramolecular Hbond substituents is 1. The second kappa shape index (κ2) is 15.8. The monoisotopic (exact) mass is 834 g/mol. The van der Waals surface area contributed by atoms with E-state index in [0.717, 1.165) is 18.2 Å². The molecule has 0 saturated carbocycles. The van der Waals surface area contributed by atoms with Crippen LogP contribution in [0.25, 0.3) is 10.8 Å². The van der Waals surface area contributed by atoms with Crippen LogP contribution in [0.4, 0.5) is 40.3 Å². The normalized spacial score (nSPS) is 12.7. The van der Waals surface area contributed by atoms with Gasteiger partial charge < -0.3 is 20.2 Å². The zero-order chi connectivity index (χ0) is 40.5. The summed E-state index contributed by atoms with van der Waals surface area (Å²) < 4.78 is 101. The van der Waals surface area contributed by atoms with Crippen molar-refractivity contribution >= 4 is 93.1 Å². The summed E-state index contributed by atoms with van der Waals surface area (Å²) in [5.41, 5.74) is -0.0834. The fraction of sp³-hybridized carbons (Fsp3) is 0.194. The smallest absolute Gasteiger partial charge is 0.296 e. The predicted octanol–water partition coefficient (Wildman–Crippen LogP) is 6.00. The van der Waals surface area contributed by atoms with Gasteiger partial charge in [0.2, 0.25) is 17.2 Å². The van der Waals surface area contributed by atoms with Crippen molar-refractivity contribution in [3.8, 4) is 5.75 Å². The Kier molecular flexibility index (Phi) is 11.8. The standard InChI is InChI=1S/C31H31ClN10O10S3/c1-17-13-19(5-9-23(17)38-39-24-16-21(53(44,45)46)7-10-25(24)54(47,48)49)37-40-27-26(55(50,51)52)15-18-14-20(6-8-22(18)28(27)43)42(4)31-35-29(32)34-30(36-31)33-11-12-41(2)3/h5-10,13-16,43H,11-12H2,1-4H3,(H,44,45,46)(H,47,48,49)(H,50,51,52)(H,33,34,35,36). The van der Waals surface area contributed by atoms with E-state index in [2.05, 4.69) is 40.7 Å². The lowest BCUT2D eigenvalue weighted by molar-refractivity contribution is 0.425. The first kappa shape index (κ1) is 40.9. The molecule has 0 fully saturated rings. The van der Waals surface area contributed by atoms with Gasteiger partial charge in [-0.2, -0.15) is 50.4 Å². The minimum atomic E-state index is -4.97. The van der Waals surface area contributed by atoms with E-state index in [4.69, 9.17) is 11.6 Å². The molecule has 0 aliphatic carbocycles. The van der Waals surface area contributed by atoms with Crippen molar-refractivity contribution in [3.63, 3.8) is 0 Å². The highest BCUT2D eigenvalue weighted by Crippen LogP contribution is 2.43. The minimum Gasteiger partial charge on any atom is -0.505 e. The van der Waals surface area contributed by atoms with Gasteiger partial charge in [0.15, 0.2) is 5.75 Å². The Balaban J connectivity index is 1.46. The number of nitrogens with zero attached hydrogens (tertiary/aromatic N) is 9. The van der Waals surface area contributed by atoms with Gasteiger partial charge in [-0.3, -0.25) is 13.7 Å². The van der Waals surface area contributed by atoms with Crippen molar-refractivity contribution in [1.82, 2.24) is 19.9 Å². The molecule has 1 aromatic heterocycles. The molecule has 0 amide bonds. The summed E-state index contributed by atoms with van der Waals surface area (Å²) in [4.78, 5) is 13.9. The van der Waals surface area contributed by atoms with Crippen LogP contribution in [0.1, 0.15) is 5.56 Å². The first-order chi connectivity index (χ1) is 25.6. The fourth-order valence-electron chi connectivity index (χ4n) is 4.90. The molecule has 0 spiro atoms. The number of aromatic hydroxyl groups is 1. The number of phenols is 1. The van der Waals surface area contributed by atoms with Gasteiger partial charge in [-0.05, 0) is 104 Å². The van der Waals surface area contributed by atoms with Gasteiger partial charge in [0.05, 0.1) is 16.3 Å². The number of benzene rings is 4. The molecule has 4 aromatic carbocycles. The number of rotatable bonds is 13. The van der Waals surface area contributed by atoms with E-state index in [1.54, 1.807) is 24.9 Å². The van der Waals surface area contributed by atoms with E-state index in [0.29, 0.717) is 30.4 Å². The molecule has 5 N–H and O–H groups in total. The molecule has 20 nitrogen and oxygen atoms in total. The van der Waals surface area contributed by atoms with Gasteiger partial charge in [-0.25, -0.2) is 0 Å². The van der Waals surface area contributed by atoms with Crippen LogP contribution < -0.4 is 10.2 Å². The lowest BCUT2D eigenvalue weighted by atomic mass is 10.1. The first-order valence-corrected chi connectivity index (χ1v) is 20.2. The summed E-state index contributed by atoms with van der Waals surface area (Å²) >= 11 is 6.15. The number of hydrogen-bond donors (Lipinski definition) is 5. The zero-order valence-corrected chi connectivity index (χ0v) is 32.3. The van der Waals surface area contributed by atoms with Crippen molar-refractivity contribution in [2.24, 2.45) is 20.5 Å². The third-order valence-corrected chi connectivity index (χ3v) is 10.4. The average molecular weight is 835 g/mol. The van der Waals surface area contributed by atoms with E-state index < -0.39 is 62.2 Å². The van der Waals surface area contributed by atoms with Gasteiger partial charge in [0, 0.05) is 31.2 Å². The number of aryl methyl sites for hydroxylation is 1. The molecule has 24 heteroatoms. The summed E-state index contributed by atoms with van der Waals surface area (Å²) in [7, 11) is -9.13. The van der Waals surface area contributed by atoms with E-state index in [1.165, 1.54) is 30.3 Å². The van der Waals surface area contributed by atoms with Crippen molar-refractivity contribution in [2.45, 2.75) is 21.6 Å².